The van der Waals surface area contributed by atoms with Crippen molar-refractivity contribution in [1.29, 1.82) is 0 Å². The Balaban J connectivity index is 1.60. The standard InChI is InChI=1S/C21H19FN4O2/c1-24-6-8-25(9-7-24)14-10-17(22)15-12-16(21(27)28-19(15)11-14)18-13-26-5-3-2-4-20(26)23-18/h2-5,10-13H,6-9H2,1H3. The molecule has 0 unspecified atom stereocenters. The van der Waals surface area contributed by atoms with E-state index in [1.165, 1.54) is 12.1 Å². The Morgan fingerprint density at radius 2 is 1.93 bits per heavy atom. The van der Waals surface area contributed by atoms with Gasteiger partial charge in [0.2, 0.25) is 0 Å². The highest BCUT2D eigenvalue weighted by atomic mass is 19.1. The van der Waals surface area contributed by atoms with Gasteiger partial charge < -0.3 is 18.6 Å². The first-order valence-electron chi connectivity index (χ1n) is 9.23. The normalized spacial score (nSPS) is 15.6. The second-order valence-corrected chi connectivity index (χ2v) is 7.17. The number of aromatic nitrogens is 2. The van der Waals surface area contributed by atoms with Crippen molar-refractivity contribution in [3.63, 3.8) is 0 Å². The molecule has 0 N–H and O–H groups in total. The van der Waals surface area contributed by atoms with Gasteiger partial charge in [0.15, 0.2) is 0 Å². The number of anilines is 1. The van der Waals surface area contributed by atoms with Gasteiger partial charge in [0.25, 0.3) is 0 Å². The number of pyridine rings is 1. The Morgan fingerprint density at radius 3 is 2.71 bits per heavy atom. The van der Waals surface area contributed by atoms with E-state index < -0.39 is 11.4 Å². The third kappa shape index (κ3) is 2.84. The molecule has 5 rings (SSSR count). The summed E-state index contributed by atoms with van der Waals surface area (Å²) in [5, 5.41) is 0.282. The maximum Gasteiger partial charge on any atom is 0.345 e. The summed E-state index contributed by atoms with van der Waals surface area (Å²) < 4.78 is 22.2. The van der Waals surface area contributed by atoms with Crippen LogP contribution in [0.4, 0.5) is 10.1 Å². The molecule has 1 aliphatic heterocycles. The smallest absolute Gasteiger partial charge is 0.345 e. The molecular weight excluding hydrogens is 359 g/mol. The molecule has 0 spiro atoms. The number of halogens is 1. The number of hydrogen-bond acceptors (Lipinski definition) is 5. The number of likely N-dealkylation sites (N-methyl/N-ethyl adjacent to an activating group) is 1. The van der Waals surface area contributed by atoms with Crippen LogP contribution in [0.2, 0.25) is 0 Å². The lowest BCUT2D eigenvalue weighted by Gasteiger charge is -2.34. The van der Waals surface area contributed by atoms with Crippen LogP contribution in [-0.4, -0.2) is 47.5 Å². The van der Waals surface area contributed by atoms with E-state index in [0.29, 0.717) is 11.3 Å². The lowest BCUT2D eigenvalue weighted by Crippen LogP contribution is -2.44. The number of hydrogen-bond donors (Lipinski definition) is 0. The molecule has 0 amide bonds. The van der Waals surface area contributed by atoms with E-state index in [0.717, 1.165) is 31.9 Å². The van der Waals surface area contributed by atoms with Gasteiger partial charge in [0.1, 0.15) is 17.0 Å². The van der Waals surface area contributed by atoms with Crippen LogP contribution in [0.5, 0.6) is 0 Å². The molecule has 4 heterocycles. The first kappa shape index (κ1) is 16.9. The number of nitrogens with zero attached hydrogens (tertiary/aromatic N) is 4. The van der Waals surface area contributed by atoms with E-state index in [4.69, 9.17) is 4.42 Å². The molecule has 1 fully saturated rings. The van der Waals surface area contributed by atoms with Crippen molar-refractivity contribution >= 4 is 22.3 Å². The van der Waals surface area contributed by atoms with Crippen LogP contribution in [0.25, 0.3) is 27.9 Å². The molecular formula is C21H19FN4O2. The van der Waals surface area contributed by atoms with E-state index in [9.17, 15) is 9.18 Å². The summed E-state index contributed by atoms with van der Waals surface area (Å²) in [4.78, 5) is 21.4. The summed E-state index contributed by atoms with van der Waals surface area (Å²) in [5.41, 5.74) is 1.90. The summed E-state index contributed by atoms with van der Waals surface area (Å²) in [6.07, 6.45) is 3.58. The van der Waals surface area contributed by atoms with E-state index in [1.54, 1.807) is 12.3 Å². The van der Waals surface area contributed by atoms with Crippen LogP contribution >= 0.6 is 0 Å². The van der Waals surface area contributed by atoms with Gasteiger partial charge in [-0.15, -0.1) is 0 Å². The Morgan fingerprint density at radius 1 is 1.11 bits per heavy atom. The van der Waals surface area contributed by atoms with Crippen molar-refractivity contribution < 1.29 is 8.81 Å². The Labute approximate surface area is 160 Å². The fourth-order valence-electron chi connectivity index (χ4n) is 3.65. The Kier molecular flexibility index (Phi) is 3.91. The minimum Gasteiger partial charge on any atom is -0.422 e. The van der Waals surface area contributed by atoms with E-state index >= 15 is 0 Å². The molecule has 142 valence electrons. The third-order valence-corrected chi connectivity index (χ3v) is 5.30. The molecule has 4 aromatic rings. The van der Waals surface area contributed by atoms with E-state index in [-0.39, 0.29) is 16.5 Å². The van der Waals surface area contributed by atoms with Crippen molar-refractivity contribution in [2.75, 3.05) is 38.1 Å². The van der Waals surface area contributed by atoms with E-state index in [2.05, 4.69) is 21.8 Å². The predicted molar refractivity (Wildman–Crippen MR) is 106 cm³/mol. The minimum absolute atomic E-state index is 0.252. The predicted octanol–water partition coefficient (Wildman–Crippen LogP) is 3.00. The first-order chi connectivity index (χ1) is 13.6. The van der Waals surface area contributed by atoms with Gasteiger partial charge in [-0.05, 0) is 31.3 Å². The summed E-state index contributed by atoms with van der Waals surface area (Å²) in [5.74, 6) is -0.403. The van der Waals surface area contributed by atoms with Crippen molar-refractivity contribution in [3.05, 3.63) is 65.0 Å². The maximum atomic E-state index is 14.9. The highest BCUT2D eigenvalue weighted by Gasteiger charge is 2.19. The molecule has 0 saturated carbocycles. The summed E-state index contributed by atoms with van der Waals surface area (Å²) in [6.45, 7) is 3.45. The van der Waals surface area contributed by atoms with Crippen LogP contribution in [0.15, 0.2) is 58.0 Å². The zero-order valence-electron chi connectivity index (χ0n) is 15.4. The Hall–Kier alpha value is -3.19. The Bertz CT molecular complexity index is 1210. The van der Waals surface area contributed by atoms with Crippen molar-refractivity contribution in [2.45, 2.75) is 0 Å². The van der Waals surface area contributed by atoms with Crippen LogP contribution < -0.4 is 10.5 Å². The SMILES string of the molecule is CN1CCN(c2cc(F)c3cc(-c4cn5ccccc5n4)c(=O)oc3c2)CC1. The summed E-state index contributed by atoms with van der Waals surface area (Å²) in [6, 6.07) is 10.4. The fraction of sp³-hybridized carbons (Fsp3) is 0.238. The van der Waals surface area contributed by atoms with Gasteiger partial charge >= 0.3 is 5.63 Å². The average molecular weight is 378 g/mol. The zero-order chi connectivity index (χ0) is 19.3. The maximum absolute atomic E-state index is 14.9. The molecule has 28 heavy (non-hydrogen) atoms. The molecule has 0 aliphatic carbocycles. The first-order valence-corrected chi connectivity index (χ1v) is 9.23. The molecule has 1 aliphatic rings. The van der Waals surface area contributed by atoms with Crippen LogP contribution in [-0.2, 0) is 0 Å². The van der Waals surface area contributed by atoms with Crippen LogP contribution in [0.3, 0.4) is 0 Å². The van der Waals surface area contributed by atoms with Gasteiger partial charge in [-0.2, -0.15) is 0 Å². The average Bonchev–Trinajstić information content (AvgIpc) is 3.12. The van der Waals surface area contributed by atoms with Crippen molar-refractivity contribution in [1.82, 2.24) is 14.3 Å². The molecule has 1 saturated heterocycles. The number of fused-ring (bicyclic) bond motifs is 2. The number of benzene rings is 1. The summed E-state index contributed by atoms with van der Waals surface area (Å²) >= 11 is 0. The van der Waals surface area contributed by atoms with Crippen molar-refractivity contribution in [3.8, 4) is 11.3 Å². The number of piperazine rings is 1. The third-order valence-electron chi connectivity index (χ3n) is 5.30. The second-order valence-electron chi connectivity index (χ2n) is 7.17. The van der Waals surface area contributed by atoms with Gasteiger partial charge in [0.05, 0.1) is 16.6 Å². The quantitative estimate of drug-likeness (QED) is 0.502. The largest absolute Gasteiger partial charge is 0.422 e. The van der Waals surface area contributed by atoms with Gasteiger partial charge in [0, 0.05) is 50.3 Å². The molecule has 0 bridgehead atoms. The number of rotatable bonds is 2. The monoisotopic (exact) mass is 378 g/mol. The topological polar surface area (TPSA) is 54.0 Å². The highest BCUT2D eigenvalue weighted by molar-refractivity contribution is 5.85. The van der Waals surface area contributed by atoms with Gasteiger partial charge in [-0.3, -0.25) is 0 Å². The second kappa shape index (κ2) is 6.45. The molecule has 0 atom stereocenters. The lowest BCUT2D eigenvalue weighted by molar-refractivity contribution is 0.313. The summed E-state index contributed by atoms with van der Waals surface area (Å²) in [7, 11) is 2.07. The van der Waals surface area contributed by atoms with E-state index in [1.807, 2.05) is 28.8 Å². The highest BCUT2D eigenvalue weighted by Crippen LogP contribution is 2.28. The van der Waals surface area contributed by atoms with Crippen molar-refractivity contribution in [2.24, 2.45) is 0 Å². The number of imidazole rings is 1. The molecule has 7 heteroatoms. The molecule has 6 nitrogen and oxygen atoms in total. The van der Waals surface area contributed by atoms with Gasteiger partial charge in [-0.1, -0.05) is 6.07 Å². The molecule has 0 radical (unpaired) electrons. The minimum atomic E-state index is -0.522. The fourth-order valence-corrected chi connectivity index (χ4v) is 3.65. The lowest BCUT2D eigenvalue weighted by atomic mass is 10.1. The molecule has 3 aromatic heterocycles. The van der Waals surface area contributed by atoms with Crippen LogP contribution in [0, 0.1) is 5.82 Å². The zero-order valence-corrected chi connectivity index (χ0v) is 15.4. The molecule has 1 aromatic carbocycles. The van der Waals surface area contributed by atoms with Gasteiger partial charge in [-0.25, -0.2) is 14.2 Å². The van der Waals surface area contributed by atoms with Crippen LogP contribution in [0.1, 0.15) is 0 Å².